The molecule has 1 aliphatic rings. The molecule has 1 aromatic carbocycles. The number of piperazine rings is 1. The van der Waals surface area contributed by atoms with Crippen LogP contribution in [0.2, 0.25) is 0 Å². The second kappa shape index (κ2) is 9.02. The van der Waals surface area contributed by atoms with Crippen molar-refractivity contribution in [1.29, 1.82) is 0 Å². The first-order valence-electron chi connectivity index (χ1n) is 8.09. The zero-order valence-electron chi connectivity index (χ0n) is 14.6. The predicted molar refractivity (Wildman–Crippen MR) is 94.4 cm³/mol. The molecular formula is C16H25N3O5S. The molecule has 0 radical (unpaired) electrons. The van der Waals surface area contributed by atoms with Crippen LogP contribution in [0, 0.1) is 0 Å². The highest BCUT2D eigenvalue weighted by atomic mass is 32.2. The highest BCUT2D eigenvalue weighted by Crippen LogP contribution is 2.16. The van der Waals surface area contributed by atoms with Crippen molar-refractivity contribution in [2.75, 3.05) is 59.2 Å². The van der Waals surface area contributed by atoms with Gasteiger partial charge in [0.05, 0.1) is 13.4 Å². The summed E-state index contributed by atoms with van der Waals surface area (Å²) in [7, 11) is -1.52. The maximum absolute atomic E-state index is 11.8. The molecule has 1 heterocycles. The summed E-state index contributed by atoms with van der Waals surface area (Å²) in [5.41, 5.74) is 0. The average molecular weight is 371 g/mol. The highest BCUT2D eigenvalue weighted by molar-refractivity contribution is 7.88. The lowest BCUT2D eigenvalue weighted by atomic mass is 10.3. The molecule has 8 nitrogen and oxygen atoms in total. The van der Waals surface area contributed by atoms with Crippen molar-refractivity contribution in [1.82, 2.24) is 14.5 Å². The fourth-order valence-corrected chi connectivity index (χ4v) is 3.34. The molecule has 1 amide bonds. The van der Waals surface area contributed by atoms with E-state index < -0.39 is 10.0 Å². The maximum Gasteiger partial charge on any atom is 0.257 e. The van der Waals surface area contributed by atoms with Gasteiger partial charge in [-0.15, -0.1) is 0 Å². The Morgan fingerprint density at radius 2 is 1.72 bits per heavy atom. The van der Waals surface area contributed by atoms with Crippen LogP contribution in [0.25, 0.3) is 0 Å². The van der Waals surface area contributed by atoms with Crippen molar-refractivity contribution in [2.45, 2.75) is 0 Å². The molecule has 1 aliphatic heterocycles. The van der Waals surface area contributed by atoms with E-state index in [9.17, 15) is 13.2 Å². The summed E-state index contributed by atoms with van der Waals surface area (Å²) in [5, 5.41) is 2.80. The lowest BCUT2D eigenvalue weighted by molar-refractivity contribution is -0.123. The Labute approximate surface area is 148 Å². The molecule has 1 saturated heterocycles. The second-order valence-electron chi connectivity index (χ2n) is 5.82. The number of amides is 1. The SMILES string of the molecule is COc1ccc(OCC(=O)NCCN2CCN(S(C)(=O)=O)CC2)cc1. The number of nitrogens with zero attached hydrogens (tertiary/aromatic N) is 2. The van der Waals surface area contributed by atoms with Crippen molar-refractivity contribution in [3.63, 3.8) is 0 Å². The highest BCUT2D eigenvalue weighted by Gasteiger charge is 2.22. The van der Waals surface area contributed by atoms with Gasteiger partial charge in [-0.25, -0.2) is 8.42 Å². The Kier molecular flexibility index (Phi) is 7.03. The van der Waals surface area contributed by atoms with E-state index in [1.54, 1.807) is 31.4 Å². The normalized spacial score (nSPS) is 16.4. The Balaban J connectivity index is 1.61. The van der Waals surface area contributed by atoms with E-state index in [-0.39, 0.29) is 12.5 Å². The van der Waals surface area contributed by atoms with Crippen LogP contribution in [0.5, 0.6) is 11.5 Å². The first-order chi connectivity index (χ1) is 11.9. The lowest BCUT2D eigenvalue weighted by Crippen LogP contribution is -2.50. The van der Waals surface area contributed by atoms with Crippen LogP contribution in [0.4, 0.5) is 0 Å². The number of carbonyl (C=O) groups excluding carboxylic acids is 1. The number of hydrogen-bond acceptors (Lipinski definition) is 6. The quantitative estimate of drug-likeness (QED) is 0.679. The third kappa shape index (κ3) is 6.52. The molecule has 0 aliphatic carbocycles. The first-order valence-corrected chi connectivity index (χ1v) is 9.94. The third-order valence-electron chi connectivity index (χ3n) is 3.98. The van der Waals surface area contributed by atoms with Crippen LogP contribution in [0.15, 0.2) is 24.3 Å². The van der Waals surface area contributed by atoms with Crippen molar-refractivity contribution in [2.24, 2.45) is 0 Å². The molecule has 0 spiro atoms. The molecule has 25 heavy (non-hydrogen) atoms. The fraction of sp³-hybridized carbons (Fsp3) is 0.562. The minimum Gasteiger partial charge on any atom is -0.497 e. The second-order valence-corrected chi connectivity index (χ2v) is 7.80. The topological polar surface area (TPSA) is 88.2 Å². The summed E-state index contributed by atoms with van der Waals surface area (Å²) < 4.78 is 34.8. The molecule has 0 unspecified atom stereocenters. The van der Waals surface area contributed by atoms with Gasteiger partial charge in [0, 0.05) is 39.3 Å². The van der Waals surface area contributed by atoms with Crippen molar-refractivity contribution < 1.29 is 22.7 Å². The smallest absolute Gasteiger partial charge is 0.257 e. The van der Waals surface area contributed by atoms with Crippen LogP contribution >= 0.6 is 0 Å². The van der Waals surface area contributed by atoms with Crippen LogP contribution in [0.3, 0.4) is 0 Å². The number of nitrogens with one attached hydrogen (secondary N) is 1. The predicted octanol–water partition coefficient (Wildman–Crippen LogP) is -0.233. The number of benzene rings is 1. The van der Waals surface area contributed by atoms with E-state index in [1.165, 1.54) is 10.6 Å². The lowest BCUT2D eigenvalue weighted by Gasteiger charge is -2.33. The molecule has 0 bridgehead atoms. The Hall–Kier alpha value is -1.84. The summed E-state index contributed by atoms with van der Waals surface area (Å²) in [6.07, 6.45) is 1.23. The standard InChI is InChI=1S/C16H25N3O5S/c1-23-14-3-5-15(6-4-14)24-13-16(20)17-7-8-18-9-11-19(12-10-18)25(2,21)22/h3-6H,7-13H2,1-2H3,(H,17,20). The van der Waals surface area contributed by atoms with Gasteiger partial charge in [0.15, 0.2) is 6.61 Å². The van der Waals surface area contributed by atoms with Crippen LogP contribution in [0.1, 0.15) is 0 Å². The molecule has 1 aromatic rings. The van der Waals surface area contributed by atoms with Gasteiger partial charge in [0.25, 0.3) is 5.91 Å². The number of sulfonamides is 1. The summed E-state index contributed by atoms with van der Waals surface area (Å²) in [6.45, 7) is 3.47. The van der Waals surface area contributed by atoms with E-state index in [4.69, 9.17) is 9.47 Å². The molecule has 2 rings (SSSR count). The summed E-state index contributed by atoms with van der Waals surface area (Å²) in [5.74, 6) is 1.14. The summed E-state index contributed by atoms with van der Waals surface area (Å²) in [4.78, 5) is 13.9. The van der Waals surface area contributed by atoms with Gasteiger partial charge in [-0.05, 0) is 24.3 Å². The minimum absolute atomic E-state index is 0.0474. The molecule has 9 heteroatoms. The number of methoxy groups -OCH3 is 1. The van der Waals surface area contributed by atoms with Gasteiger partial charge in [-0.2, -0.15) is 4.31 Å². The molecule has 0 aromatic heterocycles. The minimum atomic E-state index is -3.11. The van der Waals surface area contributed by atoms with Crippen molar-refractivity contribution >= 4 is 15.9 Å². The van der Waals surface area contributed by atoms with Gasteiger partial charge in [0.2, 0.25) is 10.0 Å². The third-order valence-corrected chi connectivity index (χ3v) is 5.28. The molecule has 1 N–H and O–H groups in total. The Bertz CT molecular complexity index is 655. The number of hydrogen-bond donors (Lipinski definition) is 1. The van der Waals surface area contributed by atoms with Crippen LogP contribution < -0.4 is 14.8 Å². The monoisotopic (exact) mass is 371 g/mol. The first kappa shape index (κ1) is 19.5. The van der Waals surface area contributed by atoms with Gasteiger partial charge in [-0.3, -0.25) is 9.69 Å². The molecular weight excluding hydrogens is 346 g/mol. The number of carbonyl (C=O) groups is 1. The van der Waals surface area contributed by atoms with E-state index in [2.05, 4.69) is 10.2 Å². The van der Waals surface area contributed by atoms with Gasteiger partial charge in [0.1, 0.15) is 11.5 Å². The Morgan fingerprint density at radius 3 is 2.28 bits per heavy atom. The molecule has 0 saturated carbocycles. The van der Waals surface area contributed by atoms with Crippen molar-refractivity contribution in [3.8, 4) is 11.5 Å². The van der Waals surface area contributed by atoms with E-state index in [0.717, 1.165) is 5.75 Å². The summed E-state index contributed by atoms with van der Waals surface area (Å²) >= 11 is 0. The van der Waals surface area contributed by atoms with Crippen LogP contribution in [-0.2, 0) is 14.8 Å². The summed E-state index contributed by atoms with van der Waals surface area (Å²) in [6, 6.07) is 7.02. The van der Waals surface area contributed by atoms with Crippen molar-refractivity contribution in [3.05, 3.63) is 24.3 Å². The zero-order chi connectivity index (χ0) is 18.3. The molecule has 140 valence electrons. The number of rotatable bonds is 8. The van der Waals surface area contributed by atoms with Gasteiger partial charge in [-0.1, -0.05) is 0 Å². The van der Waals surface area contributed by atoms with Crippen LogP contribution in [-0.4, -0.2) is 82.8 Å². The van der Waals surface area contributed by atoms with E-state index >= 15 is 0 Å². The van der Waals surface area contributed by atoms with E-state index in [1.807, 2.05) is 0 Å². The van der Waals surface area contributed by atoms with E-state index in [0.29, 0.717) is 45.0 Å². The van der Waals surface area contributed by atoms with Gasteiger partial charge >= 0.3 is 0 Å². The largest absolute Gasteiger partial charge is 0.497 e. The number of ether oxygens (including phenoxy) is 2. The molecule has 0 atom stereocenters. The Morgan fingerprint density at radius 1 is 1.12 bits per heavy atom. The fourth-order valence-electron chi connectivity index (χ4n) is 2.51. The zero-order valence-corrected chi connectivity index (χ0v) is 15.4. The van der Waals surface area contributed by atoms with Gasteiger partial charge < -0.3 is 14.8 Å². The average Bonchev–Trinajstić information content (AvgIpc) is 2.60. The molecule has 1 fully saturated rings. The maximum atomic E-state index is 11.8.